The zero-order valence-corrected chi connectivity index (χ0v) is 7.34. The van der Waals surface area contributed by atoms with E-state index < -0.39 is 0 Å². The van der Waals surface area contributed by atoms with Crippen LogP contribution in [-0.2, 0) is 12.8 Å². The fourth-order valence-electron chi connectivity index (χ4n) is 1.75. The van der Waals surface area contributed by atoms with E-state index in [2.05, 4.69) is 12.1 Å². The first kappa shape index (κ1) is 7.80. The van der Waals surface area contributed by atoms with E-state index in [-0.39, 0.29) is 0 Å². The predicted molar refractivity (Wildman–Crippen MR) is 46.0 cm³/mol. The lowest BCUT2D eigenvalue weighted by atomic mass is 10.0. The normalized spacial score (nSPS) is 17.8. The van der Waals surface area contributed by atoms with Gasteiger partial charge in [0, 0.05) is 18.0 Å². The summed E-state index contributed by atoms with van der Waals surface area (Å²) in [5.41, 5.74) is 8.05. The Kier molecular flexibility index (Phi) is 1.89. The number of rotatable bonds is 2. The number of hydrogen-bond acceptors (Lipinski definition) is 3. The molecule has 1 aliphatic carbocycles. The summed E-state index contributed by atoms with van der Waals surface area (Å²) in [5, 5.41) is 4.04. The minimum Gasteiger partial charge on any atom is -0.361 e. The van der Waals surface area contributed by atoms with E-state index in [1.54, 1.807) is 0 Å². The molecular formula is C9H14N2O. The third kappa shape index (κ3) is 1.05. The second-order valence-corrected chi connectivity index (χ2v) is 3.46. The minimum absolute atomic E-state index is 0.319. The van der Waals surface area contributed by atoms with Gasteiger partial charge in [0.2, 0.25) is 0 Å². The van der Waals surface area contributed by atoms with Crippen molar-refractivity contribution in [2.24, 2.45) is 5.73 Å². The highest BCUT2D eigenvalue weighted by atomic mass is 16.5. The molecule has 1 aromatic heterocycles. The van der Waals surface area contributed by atoms with E-state index in [1.807, 2.05) is 0 Å². The molecule has 0 spiro atoms. The number of nitrogens with two attached hydrogens (primary N) is 1. The molecular weight excluding hydrogens is 152 g/mol. The maximum atomic E-state index is 5.57. The lowest BCUT2D eigenvalue weighted by molar-refractivity contribution is 0.357. The van der Waals surface area contributed by atoms with Crippen LogP contribution in [0.1, 0.15) is 36.3 Å². The second kappa shape index (κ2) is 2.90. The summed E-state index contributed by atoms with van der Waals surface area (Å²) in [4.78, 5) is 0. The fourth-order valence-corrected chi connectivity index (χ4v) is 1.75. The maximum absolute atomic E-state index is 5.57. The lowest BCUT2D eigenvalue weighted by Gasteiger charge is -2.04. The number of fused-ring (bicyclic) bond motifs is 1. The van der Waals surface area contributed by atoms with Crippen molar-refractivity contribution < 1.29 is 4.52 Å². The topological polar surface area (TPSA) is 52.0 Å². The molecule has 0 aliphatic heterocycles. The zero-order chi connectivity index (χ0) is 8.55. The van der Waals surface area contributed by atoms with Gasteiger partial charge in [-0.25, -0.2) is 0 Å². The van der Waals surface area contributed by atoms with Gasteiger partial charge >= 0.3 is 0 Å². The second-order valence-electron chi connectivity index (χ2n) is 3.46. The minimum atomic E-state index is 0.319. The molecule has 12 heavy (non-hydrogen) atoms. The lowest BCUT2D eigenvalue weighted by Crippen LogP contribution is -2.09. The molecule has 2 rings (SSSR count). The van der Waals surface area contributed by atoms with Gasteiger partial charge in [-0.15, -0.1) is 0 Å². The first-order valence-corrected chi connectivity index (χ1v) is 4.50. The SMILES string of the molecule is CC(CN)c1onc2c1CCC2. The molecule has 0 aromatic carbocycles. The van der Waals surface area contributed by atoms with Gasteiger partial charge in [0.1, 0.15) is 5.76 Å². The van der Waals surface area contributed by atoms with Gasteiger partial charge in [-0.05, 0) is 19.3 Å². The van der Waals surface area contributed by atoms with Gasteiger partial charge in [-0.2, -0.15) is 0 Å². The van der Waals surface area contributed by atoms with E-state index in [4.69, 9.17) is 10.3 Å². The summed E-state index contributed by atoms with van der Waals surface area (Å²) in [6.45, 7) is 2.72. The molecule has 1 unspecified atom stereocenters. The molecule has 0 saturated carbocycles. The molecule has 1 heterocycles. The van der Waals surface area contributed by atoms with Crippen molar-refractivity contribution in [1.82, 2.24) is 5.16 Å². The summed E-state index contributed by atoms with van der Waals surface area (Å²) in [5.74, 6) is 1.34. The highest BCUT2D eigenvalue weighted by Crippen LogP contribution is 2.28. The molecule has 1 atom stereocenters. The smallest absolute Gasteiger partial charge is 0.144 e. The Bertz CT molecular complexity index is 280. The highest BCUT2D eigenvalue weighted by Gasteiger charge is 2.23. The molecule has 0 bridgehead atoms. The molecule has 0 saturated heterocycles. The van der Waals surface area contributed by atoms with Crippen LogP contribution >= 0.6 is 0 Å². The monoisotopic (exact) mass is 166 g/mol. The number of aryl methyl sites for hydroxylation is 1. The molecule has 3 nitrogen and oxygen atoms in total. The average Bonchev–Trinajstić information content (AvgIpc) is 2.62. The number of hydrogen-bond donors (Lipinski definition) is 1. The van der Waals surface area contributed by atoms with Crippen molar-refractivity contribution in [2.45, 2.75) is 32.1 Å². The fraction of sp³-hybridized carbons (Fsp3) is 0.667. The van der Waals surface area contributed by atoms with Crippen molar-refractivity contribution in [2.75, 3.05) is 6.54 Å². The molecule has 1 aliphatic rings. The Hall–Kier alpha value is -0.830. The Balaban J connectivity index is 2.33. The van der Waals surface area contributed by atoms with Crippen LogP contribution in [0, 0.1) is 0 Å². The summed E-state index contributed by atoms with van der Waals surface area (Å²) >= 11 is 0. The van der Waals surface area contributed by atoms with Crippen LogP contribution in [0.15, 0.2) is 4.52 Å². The Morgan fingerprint density at radius 3 is 3.17 bits per heavy atom. The molecule has 2 N–H and O–H groups in total. The van der Waals surface area contributed by atoms with Gasteiger partial charge in [0.05, 0.1) is 5.69 Å². The third-order valence-corrected chi connectivity index (χ3v) is 2.54. The van der Waals surface area contributed by atoms with Crippen molar-refractivity contribution >= 4 is 0 Å². The van der Waals surface area contributed by atoms with Crippen LogP contribution in [-0.4, -0.2) is 11.7 Å². The van der Waals surface area contributed by atoms with Crippen molar-refractivity contribution in [3.63, 3.8) is 0 Å². The maximum Gasteiger partial charge on any atom is 0.144 e. The Labute approximate surface area is 71.9 Å². The molecule has 0 fully saturated rings. The van der Waals surface area contributed by atoms with Crippen LogP contribution in [0.2, 0.25) is 0 Å². The molecule has 66 valence electrons. The standard InChI is InChI=1S/C9H14N2O/c1-6(5-10)9-7-3-2-4-8(7)11-12-9/h6H,2-5,10H2,1H3. The zero-order valence-electron chi connectivity index (χ0n) is 7.34. The summed E-state index contributed by atoms with van der Waals surface area (Å²) in [6.07, 6.45) is 3.42. The van der Waals surface area contributed by atoms with Crippen molar-refractivity contribution in [1.29, 1.82) is 0 Å². The summed E-state index contributed by atoms with van der Waals surface area (Å²) < 4.78 is 5.26. The van der Waals surface area contributed by atoms with E-state index in [0.29, 0.717) is 12.5 Å². The van der Waals surface area contributed by atoms with E-state index >= 15 is 0 Å². The average molecular weight is 166 g/mol. The van der Waals surface area contributed by atoms with Crippen LogP contribution in [0.5, 0.6) is 0 Å². The van der Waals surface area contributed by atoms with Gasteiger partial charge in [0.25, 0.3) is 0 Å². The highest BCUT2D eigenvalue weighted by molar-refractivity contribution is 5.29. The van der Waals surface area contributed by atoms with E-state index in [9.17, 15) is 0 Å². The van der Waals surface area contributed by atoms with Crippen LogP contribution < -0.4 is 5.73 Å². The predicted octanol–water partition coefficient (Wildman–Crippen LogP) is 1.23. The molecule has 0 amide bonds. The van der Waals surface area contributed by atoms with Crippen molar-refractivity contribution in [3.8, 4) is 0 Å². The van der Waals surface area contributed by atoms with Gasteiger partial charge in [0.15, 0.2) is 0 Å². The molecule has 1 aromatic rings. The largest absolute Gasteiger partial charge is 0.361 e. The Morgan fingerprint density at radius 1 is 1.58 bits per heavy atom. The van der Waals surface area contributed by atoms with Gasteiger partial charge in [-0.1, -0.05) is 12.1 Å². The van der Waals surface area contributed by atoms with Crippen LogP contribution in [0.25, 0.3) is 0 Å². The van der Waals surface area contributed by atoms with Crippen LogP contribution in [0.4, 0.5) is 0 Å². The molecule has 0 radical (unpaired) electrons. The number of nitrogens with zero attached hydrogens (tertiary/aromatic N) is 1. The van der Waals surface area contributed by atoms with Gasteiger partial charge in [-0.3, -0.25) is 0 Å². The Morgan fingerprint density at radius 2 is 2.42 bits per heavy atom. The first-order chi connectivity index (χ1) is 5.83. The summed E-state index contributed by atoms with van der Waals surface area (Å²) in [7, 11) is 0. The number of aromatic nitrogens is 1. The molecule has 3 heteroatoms. The van der Waals surface area contributed by atoms with Crippen molar-refractivity contribution in [3.05, 3.63) is 17.0 Å². The van der Waals surface area contributed by atoms with E-state index in [0.717, 1.165) is 24.3 Å². The summed E-state index contributed by atoms with van der Waals surface area (Å²) in [6, 6.07) is 0. The van der Waals surface area contributed by atoms with Gasteiger partial charge < -0.3 is 10.3 Å². The van der Waals surface area contributed by atoms with Crippen LogP contribution in [0.3, 0.4) is 0 Å². The van der Waals surface area contributed by atoms with E-state index in [1.165, 1.54) is 12.0 Å². The first-order valence-electron chi connectivity index (χ1n) is 4.50. The third-order valence-electron chi connectivity index (χ3n) is 2.54. The quantitative estimate of drug-likeness (QED) is 0.718.